The number of ether oxygens (including phenoxy) is 2. The molecule has 1 unspecified atom stereocenters. The van der Waals surface area contributed by atoms with Crippen molar-refractivity contribution < 1.29 is 14.3 Å². The standard InChI is InChI=1S/C35H42N8O4SSi/c1-35(2,3)47-34(45)38-27-15-11-14-24(37-27)21-43-33(44)29-25(20-36-43)30-31(41(29)4)39-32(48-30)28(23-12-9-8-10-13-23)26-16-17-42(40-26)22-46-18-19-49(5,6)7/h8-17,20,28H,18-19,21-22H2,1-7H3,(H,37,38,45). The van der Waals surface area contributed by atoms with Crippen molar-refractivity contribution in [2.45, 2.75) is 71.3 Å². The van der Waals surface area contributed by atoms with Gasteiger partial charge in [0.15, 0.2) is 5.65 Å². The van der Waals surface area contributed by atoms with E-state index in [1.807, 2.05) is 46.8 Å². The molecule has 49 heavy (non-hydrogen) atoms. The molecule has 0 fully saturated rings. The normalized spacial score (nSPS) is 12.9. The molecule has 1 N–H and O–H groups in total. The van der Waals surface area contributed by atoms with E-state index in [1.165, 1.54) is 4.68 Å². The first-order chi connectivity index (χ1) is 23.3. The van der Waals surface area contributed by atoms with Crippen molar-refractivity contribution in [3.8, 4) is 0 Å². The van der Waals surface area contributed by atoms with Crippen molar-refractivity contribution in [2.24, 2.45) is 7.05 Å². The number of aromatic nitrogens is 7. The van der Waals surface area contributed by atoms with Crippen LogP contribution in [0.15, 0.2) is 71.8 Å². The molecule has 5 heterocycles. The second kappa shape index (κ2) is 13.7. The number of carbonyl (C=O) groups excluding carboxylic acids is 1. The first-order valence-electron chi connectivity index (χ1n) is 16.2. The lowest BCUT2D eigenvalue weighted by Gasteiger charge is -2.19. The van der Waals surface area contributed by atoms with Crippen LogP contribution in [-0.4, -0.2) is 60.5 Å². The summed E-state index contributed by atoms with van der Waals surface area (Å²) >= 11 is 1.55. The highest BCUT2D eigenvalue weighted by molar-refractivity contribution is 7.19. The number of fused-ring (bicyclic) bond motifs is 3. The number of aryl methyl sites for hydroxylation is 1. The van der Waals surface area contributed by atoms with Crippen LogP contribution < -0.4 is 10.9 Å². The number of hydrogen-bond donors (Lipinski definition) is 1. The Hall–Kier alpha value is -4.66. The van der Waals surface area contributed by atoms with Crippen molar-refractivity contribution in [3.63, 3.8) is 0 Å². The molecule has 0 aliphatic heterocycles. The Kier molecular flexibility index (Phi) is 9.55. The SMILES string of the molecule is Cn1c2nc(C(c3ccccc3)c3ccn(COCC[Si](C)(C)C)n3)sc2c2cnn(Cc3cccc(NC(=O)OC(C)(C)C)n3)c(=O)c21. The molecule has 5 aromatic heterocycles. The van der Waals surface area contributed by atoms with E-state index in [4.69, 9.17) is 19.6 Å². The number of amides is 1. The molecule has 14 heteroatoms. The number of nitrogens with one attached hydrogen (secondary N) is 1. The third-order valence-electron chi connectivity index (χ3n) is 7.85. The van der Waals surface area contributed by atoms with E-state index >= 15 is 0 Å². The summed E-state index contributed by atoms with van der Waals surface area (Å²) in [6, 6.07) is 18.5. The van der Waals surface area contributed by atoms with Gasteiger partial charge < -0.3 is 14.0 Å². The second-order valence-electron chi connectivity index (χ2n) is 14.2. The summed E-state index contributed by atoms with van der Waals surface area (Å²) in [5.74, 6) is 0.127. The first-order valence-corrected chi connectivity index (χ1v) is 20.7. The molecule has 0 aliphatic rings. The van der Waals surface area contributed by atoms with E-state index in [-0.39, 0.29) is 18.0 Å². The number of benzene rings is 1. The highest BCUT2D eigenvalue weighted by atomic mass is 32.1. The number of thiazole rings is 1. The minimum atomic E-state index is -1.18. The number of rotatable bonds is 11. The van der Waals surface area contributed by atoms with Gasteiger partial charge in [-0.2, -0.15) is 10.2 Å². The molecule has 0 spiro atoms. The van der Waals surface area contributed by atoms with Crippen LogP contribution in [0.2, 0.25) is 25.7 Å². The Balaban J connectivity index is 1.28. The summed E-state index contributed by atoms with van der Waals surface area (Å²) in [6.07, 6.45) is 3.07. The predicted molar refractivity (Wildman–Crippen MR) is 195 cm³/mol. The van der Waals surface area contributed by atoms with Gasteiger partial charge in [0.25, 0.3) is 5.56 Å². The molecule has 6 aromatic rings. The van der Waals surface area contributed by atoms with Crippen LogP contribution in [0.25, 0.3) is 21.3 Å². The van der Waals surface area contributed by atoms with E-state index < -0.39 is 19.8 Å². The molecule has 0 saturated heterocycles. The minimum Gasteiger partial charge on any atom is -0.444 e. The summed E-state index contributed by atoms with van der Waals surface area (Å²) < 4.78 is 17.2. The summed E-state index contributed by atoms with van der Waals surface area (Å²) in [6.45, 7) is 13.6. The van der Waals surface area contributed by atoms with Gasteiger partial charge in [-0.3, -0.25) is 10.1 Å². The van der Waals surface area contributed by atoms with Crippen molar-refractivity contribution in [3.05, 3.63) is 99.3 Å². The summed E-state index contributed by atoms with van der Waals surface area (Å²) in [5.41, 5.74) is 2.83. The van der Waals surface area contributed by atoms with Gasteiger partial charge in [0.2, 0.25) is 0 Å². The molecule has 1 atom stereocenters. The van der Waals surface area contributed by atoms with Gasteiger partial charge in [-0.05, 0) is 50.6 Å². The van der Waals surface area contributed by atoms with Crippen LogP contribution >= 0.6 is 11.3 Å². The summed E-state index contributed by atoms with van der Waals surface area (Å²) in [7, 11) is 0.678. The van der Waals surface area contributed by atoms with E-state index in [0.29, 0.717) is 29.4 Å². The first kappa shape index (κ1) is 34.2. The number of pyridine rings is 1. The Morgan fingerprint density at radius 1 is 1.04 bits per heavy atom. The fraction of sp³-hybridized carbons (Fsp3) is 0.371. The highest BCUT2D eigenvalue weighted by Crippen LogP contribution is 2.39. The van der Waals surface area contributed by atoms with E-state index in [0.717, 1.165) is 39.0 Å². The van der Waals surface area contributed by atoms with Crippen molar-refractivity contribution >= 4 is 52.6 Å². The highest BCUT2D eigenvalue weighted by Gasteiger charge is 2.26. The third kappa shape index (κ3) is 7.98. The Morgan fingerprint density at radius 2 is 1.82 bits per heavy atom. The monoisotopic (exact) mass is 698 g/mol. The Morgan fingerprint density at radius 3 is 2.55 bits per heavy atom. The molecule has 256 valence electrons. The minimum absolute atomic E-state index is 0.122. The van der Waals surface area contributed by atoms with Gasteiger partial charge in [0, 0.05) is 33.3 Å². The van der Waals surface area contributed by atoms with Crippen LogP contribution in [0.1, 0.15) is 48.6 Å². The molecule has 1 amide bonds. The molecular weight excluding hydrogens is 657 g/mol. The third-order valence-corrected chi connectivity index (χ3v) is 10.7. The van der Waals surface area contributed by atoms with Gasteiger partial charge >= 0.3 is 6.09 Å². The maximum Gasteiger partial charge on any atom is 0.413 e. The van der Waals surface area contributed by atoms with Crippen LogP contribution in [0.4, 0.5) is 10.6 Å². The number of anilines is 1. The van der Waals surface area contributed by atoms with Crippen molar-refractivity contribution in [2.75, 3.05) is 11.9 Å². The number of nitrogens with zero attached hydrogens (tertiary/aromatic N) is 7. The van der Waals surface area contributed by atoms with Gasteiger partial charge in [0.05, 0.1) is 34.7 Å². The molecule has 6 rings (SSSR count). The van der Waals surface area contributed by atoms with Crippen LogP contribution in [-0.2, 0) is 29.8 Å². The quantitative estimate of drug-likeness (QED) is 0.115. The molecule has 0 aliphatic carbocycles. The van der Waals surface area contributed by atoms with Gasteiger partial charge in [-0.15, -0.1) is 11.3 Å². The summed E-state index contributed by atoms with van der Waals surface area (Å²) in [4.78, 5) is 35.6. The van der Waals surface area contributed by atoms with Gasteiger partial charge in [0.1, 0.15) is 28.7 Å². The maximum atomic E-state index is 13.8. The second-order valence-corrected chi connectivity index (χ2v) is 20.9. The zero-order valence-electron chi connectivity index (χ0n) is 28.9. The molecule has 0 saturated carbocycles. The fourth-order valence-corrected chi connectivity index (χ4v) is 7.47. The van der Waals surface area contributed by atoms with Gasteiger partial charge in [-0.1, -0.05) is 56.0 Å². The van der Waals surface area contributed by atoms with E-state index in [2.05, 4.69) is 47.2 Å². The molecule has 1 aromatic carbocycles. The largest absolute Gasteiger partial charge is 0.444 e. The smallest absolute Gasteiger partial charge is 0.413 e. The fourth-order valence-electron chi connectivity index (χ4n) is 5.47. The average molecular weight is 699 g/mol. The lowest BCUT2D eigenvalue weighted by Crippen LogP contribution is -2.28. The zero-order chi connectivity index (χ0) is 34.9. The van der Waals surface area contributed by atoms with Crippen LogP contribution in [0.5, 0.6) is 0 Å². The lowest BCUT2D eigenvalue weighted by molar-refractivity contribution is 0.0635. The van der Waals surface area contributed by atoms with Crippen molar-refractivity contribution in [1.82, 2.24) is 34.1 Å². The lowest BCUT2D eigenvalue weighted by atomic mass is 9.96. The van der Waals surface area contributed by atoms with Crippen LogP contribution in [0, 0.1) is 0 Å². The topological polar surface area (TPSA) is 131 Å². The number of carbonyl (C=O) groups is 1. The predicted octanol–water partition coefficient (Wildman–Crippen LogP) is 6.82. The Labute approximate surface area is 289 Å². The summed E-state index contributed by atoms with van der Waals surface area (Å²) in [5, 5.41) is 13.7. The average Bonchev–Trinajstić information content (AvgIpc) is 3.73. The van der Waals surface area contributed by atoms with E-state index in [9.17, 15) is 9.59 Å². The van der Waals surface area contributed by atoms with Crippen LogP contribution in [0.3, 0.4) is 0 Å². The molecular formula is C35H42N8O4SSi. The molecule has 0 radical (unpaired) electrons. The zero-order valence-corrected chi connectivity index (χ0v) is 30.7. The van der Waals surface area contributed by atoms with Crippen molar-refractivity contribution in [1.29, 1.82) is 0 Å². The maximum absolute atomic E-state index is 13.8. The Bertz CT molecular complexity index is 2160. The van der Waals surface area contributed by atoms with E-state index in [1.54, 1.807) is 56.5 Å². The molecule has 12 nitrogen and oxygen atoms in total. The van der Waals surface area contributed by atoms with Gasteiger partial charge in [-0.25, -0.2) is 24.1 Å². The molecule has 0 bridgehead atoms. The number of hydrogen-bond acceptors (Lipinski definition) is 9.